The second kappa shape index (κ2) is 6.02. The number of halogens is 1. The molecule has 0 aromatic heterocycles. The van der Waals surface area contributed by atoms with Gasteiger partial charge in [-0.25, -0.2) is 9.18 Å². The van der Waals surface area contributed by atoms with E-state index in [0.29, 0.717) is 24.3 Å². The van der Waals surface area contributed by atoms with E-state index in [2.05, 4.69) is 6.92 Å². The van der Waals surface area contributed by atoms with Gasteiger partial charge in [0.25, 0.3) is 0 Å². The molecule has 144 valence electrons. The van der Waals surface area contributed by atoms with Crippen molar-refractivity contribution in [1.82, 2.24) is 9.80 Å². The number of imide groups is 2. The van der Waals surface area contributed by atoms with Crippen LogP contribution in [-0.4, -0.2) is 74.0 Å². The standard InChI is InChI=1S/C19H23FN4O3/c1-4-23-8-9-24-14(11-23)19(10-12-6-5-7-13(20)15(12)24)16(25)21(2)18(27)22(3)17(19)26/h5-7,14H,4,8-11H2,1-3H3/p+1/t14-/m0/s1. The lowest BCUT2D eigenvalue weighted by Gasteiger charge is -2.54. The van der Waals surface area contributed by atoms with Crippen molar-refractivity contribution in [3.8, 4) is 0 Å². The van der Waals surface area contributed by atoms with Crippen LogP contribution in [0.2, 0.25) is 0 Å². The largest absolute Gasteiger partial charge is 0.353 e. The van der Waals surface area contributed by atoms with E-state index in [1.807, 2.05) is 4.90 Å². The van der Waals surface area contributed by atoms with Crippen LogP contribution in [0.5, 0.6) is 0 Å². The molecule has 0 aliphatic carbocycles. The lowest BCUT2D eigenvalue weighted by molar-refractivity contribution is -0.902. The van der Waals surface area contributed by atoms with Crippen LogP contribution in [-0.2, 0) is 16.0 Å². The first kappa shape index (κ1) is 17.9. The second-order valence-electron chi connectivity index (χ2n) is 7.67. The number of nitrogens with zero attached hydrogens (tertiary/aromatic N) is 3. The number of carbonyl (C=O) groups is 3. The number of para-hydroxylation sites is 1. The fourth-order valence-electron chi connectivity index (χ4n) is 4.92. The summed E-state index contributed by atoms with van der Waals surface area (Å²) in [5.74, 6) is -1.31. The number of likely N-dealkylation sites (N-methyl/N-ethyl adjacent to an activating group) is 1. The number of anilines is 1. The number of benzene rings is 1. The third-order valence-corrected chi connectivity index (χ3v) is 6.41. The van der Waals surface area contributed by atoms with E-state index in [1.165, 1.54) is 25.1 Å². The van der Waals surface area contributed by atoms with Crippen LogP contribution in [0.25, 0.3) is 0 Å². The SMILES string of the molecule is CC[NH+]1CCN2c3c(F)cccc3CC3(C(=O)N(C)C(=O)N(C)C3=O)[C@@H]2C1. The van der Waals surface area contributed by atoms with Crippen LogP contribution in [0, 0.1) is 11.2 Å². The van der Waals surface area contributed by atoms with Crippen molar-refractivity contribution in [3.63, 3.8) is 0 Å². The molecule has 4 amide bonds. The van der Waals surface area contributed by atoms with Gasteiger partial charge < -0.3 is 9.80 Å². The van der Waals surface area contributed by atoms with E-state index < -0.39 is 29.3 Å². The third-order valence-electron chi connectivity index (χ3n) is 6.41. The number of rotatable bonds is 1. The summed E-state index contributed by atoms with van der Waals surface area (Å²) in [6.07, 6.45) is 0.109. The second-order valence-corrected chi connectivity index (χ2v) is 7.67. The van der Waals surface area contributed by atoms with Crippen molar-refractivity contribution in [1.29, 1.82) is 0 Å². The molecule has 3 aliphatic heterocycles. The Morgan fingerprint density at radius 3 is 2.48 bits per heavy atom. The predicted octanol–water partition coefficient (Wildman–Crippen LogP) is -0.488. The van der Waals surface area contributed by atoms with Gasteiger partial charge in [0, 0.05) is 20.5 Å². The highest BCUT2D eigenvalue weighted by molar-refractivity contribution is 6.20. The maximum Gasteiger partial charge on any atom is 0.332 e. The Bertz CT molecular complexity index is 818. The summed E-state index contributed by atoms with van der Waals surface area (Å²) in [5, 5.41) is 0. The first-order chi connectivity index (χ1) is 12.8. The van der Waals surface area contributed by atoms with Crippen LogP contribution in [0.15, 0.2) is 18.2 Å². The quantitative estimate of drug-likeness (QED) is 0.673. The Morgan fingerprint density at radius 1 is 1.19 bits per heavy atom. The van der Waals surface area contributed by atoms with E-state index in [-0.39, 0.29) is 12.2 Å². The van der Waals surface area contributed by atoms with Crippen LogP contribution < -0.4 is 9.80 Å². The van der Waals surface area contributed by atoms with Crippen molar-refractivity contribution in [2.45, 2.75) is 19.4 Å². The van der Waals surface area contributed by atoms with Crippen molar-refractivity contribution in [2.24, 2.45) is 5.41 Å². The fraction of sp³-hybridized carbons (Fsp3) is 0.526. The van der Waals surface area contributed by atoms with E-state index >= 15 is 0 Å². The molecule has 3 heterocycles. The number of carbonyl (C=O) groups excluding carboxylic acids is 3. The highest BCUT2D eigenvalue weighted by Crippen LogP contribution is 2.46. The van der Waals surface area contributed by atoms with Crippen LogP contribution in [0.1, 0.15) is 12.5 Å². The van der Waals surface area contributed by atoms with Crippen molar-refractivity contribution < 1.29 is 23.7 Å². The maximum absolute atomic E-state index is 14.7. The van der Waals surface area contributed by atoms with Crippen LogP contribution in [0.3, 0.4) is 0 Å². The minimum absolute atomic E-state index is 0.109. The zero-order chi connectivity index (χ0) is 19.5. The van der Waals surface area contributed by atoms with Gasteiger partial charge in [-0.3, -0.25) is 19.4 Å². The Kier molecular flexibility index (Phi) is 3.99. The predicted molar refractivity (Wildman–Crippen MR) is 95.8 cm³/mol. The molecule has 0 bridgehead atoms. The monoisotopic (exact) mass is 375 g/mol. The normalized spacial score (nSPS) is 27.1. The van der Waals surface area contributed by atoms with Crippen molar-refractivity contribution in [3.05, 3.63) is 29.6 Å². The van der Waals surface area contributed by atoms with Crippen molar-refractivity contribution >= 4 is 23.5 Å². The Hall–Kier alpha value is -2.48. The topological polar surface area (TPSA) is 65.4 Å². The van der Waals surface area contributed by atoms with Crippen LogP contribution in [0.4, 0.5) is 14.9 Å². The zero-order valence-corrected chi connectivity index (χ0v) is 15.8. The molecule has 27 heavy (non-hydrogen) atoms. The van der Waals surface area contributed by atoms with Gasteiger partial charge in [0.05, 0.1) is 31.9 Å². The number of quaternary nitrogens is 1. The van der Waals surface area contributed by atoms with E-state index in [4.69, 9.17) is 0 Å². The van der Waals surface area contributed by atoms with Gasteiger partial charge in [-0.15, -0.1) is 0 Å². The van der Waals surface area contributed by atoms with Gasteiger partial charge in [-0.2, -0.15) is 0 Å². The summed E-state index contributed by atoms with van der Waals surface area (Å²) in [6, 6.07) is 3.68. The van der Waals surface area contributed by atoms with E-state index in [0.717, 1.165) is 22.9 Å². The molecule has 7 nitrogen and oxygen atoms in total. The van der Waals surface area contributed by atoms with E-state index in [9.17, 15) is 18.8 Å². The number of hydrogen-bond donors (Lipinski definition) is 1. The molecule has 1 aromatic carbocycles. The van der Waals surface area contributed by atoms with Crippen LogP contribution >= 0.6 is 0 Å². The van der Waals surface area contributed by atoms with Gasteiger partial charge in [-0.05, 0) is 18.6 Å². The highest BCUT2D eigenvalue weighted by atomic mass is 19.1. The number of barbiturate groups is 1. The highest BCUT2D eigenvalue weighted by Gasteiger charge is 2.65. The third kappa shape index (κ3) is 2.25. The smallest absolute Gasteiger partial charge is 0.332 e. The molecule has 4 rings (SSSR count). The molecule has 2 saturated heterocycles. The molecule has 2 fully saturated rings. The molecule has 2 atom stereocenters. The molecule has 0 radical (unpaired) electrons. The fourth-order valence-corrected chi connectivity index (χ4v) is 4.92. The Morgan fingerprint density at radius 2 is 1.85 bits per heavy atom. The number of piperazine rings is 1. The summed E-state index contributed by atoms with van der Waals surface area (Å²) in [7, 11) is 2.82. The minimum Gasteiger partial charge on any atom is -0.353 e. The molecule has 1 unspecified atom stereocenters. The first-order valence-corrected chi connectivity index (χ1v) is 9.30. The number of hydrogen-bond acceptors (Lipinski definition) is 4. The van der Waals surface area contributed by atoms with Gasteiger partial charge in [0.1, 0.15) is 11.9 Å². The van der Waals surface area contributed by atoms with Gasteiger partial charge in [0.15, 0.2) is 5.41 Å². The number of fused-ring (bicyclic) bond motifs is 4. The number of urea groups is 1. The molecule has 1 N–H and O–H groups in total. The summed E-state index contributed by atoms with van der Waals surface area (Å²) in [6.45, 7) is 4.84. The Balaban J connectivity index is 1.92. The molecule has 3 aliphatic rings. The minimum atomic E-state index is -1.40. The number of amides is 4. The summed E-state index contributed by atoms with van der Waals surface area (Å²) >= 11 is 0. The van der Waals surface area contributed by atoms with Gasteiger partial charge in [-0.1, -0.05) is 12.1 Å². The van der Waals surface area contributed by atoms with Crippen molar-refractivity contribution in [2.75, 3.05) is 45.2 Å². The molecule has 0 saturated carbocycles. The van der Waals surface area contributed by atoms with E-state index in [1.54, 1.807) is 12.1 Å². The average Bonchev–Trinajstić information content (AvgIpc) is 2.68. The lowest BCUT2D eigenvalue weighted by Crippen LogP contribution is -3.16. The lowest BCUT2D eigenvalue weighted by atomic mass is 9.67. The average molecular weight is 375 g/mol. The molecular weight excluding hydrogens is 351 g/mol. The molecule has 1 aromatic rings. The first-order valence-electron chi connectivity index (χ1n) is 9.30. The maximum atomic E-state index is 14.7. The zero-order valence-electron chi connectivity index (χ0n) is 15.8. The molecule has 1 spiro atoms. The summed E-state index contributed by atoms with van der Waals surface area (Å²) in [5.41, 5.74) is -0.269. The van der Waals surface area contributed by atoms with Gasteiger partial charge in [0.2, 0.25) is 11.8 Å². The summed E-state index contributed by atoms with van der Waals surface area (Å²) in [4.78, 5) is 44.2. The molecular formula is C19H24FN4O3+. The molecule has 8 heteroatoms. The Labute approximate surface area is 157 Å². The number of nitrogens with one attached hydrogen (secondary N) is 1. The van der Waals surface area contributed by atoms with Gasteiger partial charge >= 0.3 is 6.03 Å². The summed E-state index contributed by atoms with van der Waals surface area (Å²) < 4.78 is 14.7.